The van der Waals surface area contributed by atoms with Crippen molar-refractivity contribution in [3.05, 3.63) is 12.3 Å². The van der Waals surface area contributed by atoms with E-state index >= 15 is 0 Å². The van der Waals surface area contributed by atoms with E-state index in [-0.39, 0.29) is 0 Å². The summed E-state index contributed by atoms with van der Waals surface area (Å²) in [5.74, 6) is 0. The molecule has 4 heteroatoms. The fourth-order valence-corrected chi connectivity index (χ4v) is 0.260. The van der Waals surface area contributed by atoms with Gasteiger partial charge in [0.15, 0.2) is 0 Å². The predicted molar refractivity (Wildman–Crippen MR) is 54.0 cm³/mol. The Labute approximate surface area is 80.1 Å². The van der Waals surface area contributed by atoms with Crippen LogP contribution in [-0.2, 0) is 14.3 Å². The van der Waals surface area contributed by atoms with Crippen LogP contribution in [0.25, 0.3) is 0 Å². The highest BCUT2D eigenvalue weighted by atomic mass is 16.5. The Morgan fingerprint density at radius 3 is 1.77 bits per heavy atom. The number of ether oxygens (including phenoxy) is 2. The summed E-state index contributed by atoms with van der Waals surface area (Å²) in [6.45, 7) is 9.82. The average Bonchev–Trinajstić information content (AvgIpc) is 2.20. The SMILES string of the molecule is C/C=C\OCC.C=N.CCOC=O. The third kappa shape index (κ3) is 59.4. The molecule has 0 spiro atoms. The molecule has 78 valence electrons. The number of carbonyl (C=O) groups is 1. The Morgan fingerprint density at radius 1 is 1.23 bits per heavy atom. The molecule has 0 aromatic carbocycles. The fraction of sp³-hybridized carbons (Fsp3) is 0.556. The van der Waals surface area contributed by atoms with Gasteiger partial charge in [-0.25, -0.2) is 0 Å². The Morgan fingerprint density at radius 2 is 1.69 bits per heavy atom. The van der Waals surface area contributed by atoms with Crippen molar-refractivity contribution in [3.63, 3.8) is 0 Å². The molecule has 0 aromatic heterocycles. The maximum atomic E-state index is 9.18. The topological polar surface area (TPSA) is 59.4 Å². The van der Waals surface area contributed by atoms with E-state index in [2.05, 4.69) is 11.5 Å². The first-order valence-corrected chi connectivity index (χ1v) is 3.96. The number of allylic oxidation sites excluding steroid dienone is 1. The van der Waals surface area contributed by atoms with Crippen LogP contribution in [0.3, 0.4) is 0 Å². The lowest BCUT2D eigenvalue weighted by molar-refractivity contribution is -0.128. The van der Waals surface area contributed by atoms with Crippen LogP contribution in [0.2, 0.25) is 0 Å². The molecule has 0 radical (unpaired) electrons. The van der Waals surface area contributed by atoms with E-state index in [0.29, 0.717) is 13.1 Å². The first-order valence-electron chi connectivity index (χ1n) is 3.96. The molecule has 0 aliphatic heterocycles. The van der Waals surface area contributed by atoms with Gasteiger partial charge in [0.1, 0.15) is 0 Å². The van der Waals surface area contributed by atoms with Crippen molar-refractivity contribution in [2.75, 3.05) is 13.2 Å². The van der Waals surface area contributed by atoms with Gasteiger partial charge < -0.3 is 14.9 Å². The molecule has 1 N–H and O–H groups in total. The molecule has 0 heterocycles. The van der Waals surface area contributed by atoms with Gasteiger partial charge in [0, 0.05) is 0 Å². The van der Waals surface area contributed by atoms with Crippen LogP contribution >= 0.6 is 0 Å². The molecule has 0 saturated heterocycles. The Bertz CT molecular complexity index is 105. The zero-order valence-corrected chi connectivity index (χ0v) is 8.58. The van der Waals surface area contributed by atoms with E-state index in [4.69, 9.17) is 10.1 Å². The normalized spacial score (nSPS) is 7.31. The van der Waals surface area contributed by atoms with Crippen molar-refractivity contribution in [2.45, 2.75) is 20.8 Å². The van der Waals surface area contributed by atoms with Crippen LogP contribution < -0.4 is 0 Å². The first kappa shape index (κ1) is 17.7. The molecular formula is C9H19NO3. The van der Waals surface area contributed by atoms with Gasteiger partial charge in [0.2, 0.25) is 0 Å². The molecule has 0 aliphatic carbocycles. The van der Waals surface area contributed by atoms with Gasteiger partial charge >= 0.3 is 0 Å². The van der Waals surface area contributed by atoms with Gasteiger partial charge in [0.05, 0.1) is 19.5 Å². The van der Waals surface area contributed by atoms with E-state index in [1.807, 2.05) is 19.9 Å². The third-order valence-electron chi connectivity index (χ3n) is 0.634. The highest BCUT2D eigenvalue weighted by molar-refractivity contribution is 5.36. The minimum Gasteiger partial charge on any atom is -0.502 e. The van der Waals surface area contributed by atoms with Crippen LogP contribution in [0.1, 0.15) is 20.8 Å². The van der Waals surface area contributed by atoms with Gasteiger partial charge in [-0.15, -0.1) is 0 Å². The summed E-state index contributed by atoms with van der Waals surface area (Å²) < 4.78 is 8.95. The third-order valence-corrected chi connectivity index (χ3v) is 0.634. The Kier molecular flexibility index (Phi) is 42.2. The zero-order valence-electron chi connectivity index (χ0n) is 8.58. The van der Waals surface area contributed by atoms with Crippen molar-refractivity contribution in [1.82, 2.24) is 0 Å². The average molecular weight is 189 g/mol. The van der Waals surface area contributed by atoms with E-state index in [0.717, 1.165) is 6.61 Å². The van der Waals surface area contributed by atoms with E-state index < -0.39 is 0 Å². The van der Waals surface area contributed by atoms with Crippen LogP contribution in [0.15, 0.2) is 12.3 Å². The standard InChI is InChI=1S/C5H10O.C3H6O2.CH3N/c1-3-5-6-4-2;1-2-5-3-4;1-2/h3,5H,4H2,1-2H3;3H,2H2,1H3;2H,1H2/b5-3-;;. The van der Waals surface area contributed by atoms with E-state index in [1.54, 1.807) is 13.2 Å². The molecule has 4 nitrogen and oxygen atoms in total. The molecular weight excluding hydrogens is 170 g/mol. The van der Waals surface area contributed by atoms with Gasteiger partial charge in [-0.2, -0.15) is 0 Å². The lowest BCUT2D eigenvalue weighted by Gasteiger charge is -1.86. The Balaban J connectivity index is -0.000000131. The molecule has 0 fully saturated rings. The maximum absolute atomic E-state index is 9.18. The second-order valence-electron chi connectivity index (χ2n) is 1.48. The summed E-state index contributed by atoms with van der Waals surface area (Å²) >= 11 is 0. The molecule has 0 saturated carbocycles. The van der Waals surface area contributed by atoms with E-state index in [9.17, 15) is 4.79 Å². The second-order valence-corrected chi connectivity index (χ2v) is 1.48. The van der Waals surface area contributed by atoms with Crippen molar-refractivity contribution in [3.8, 4) is 0 Å². The van der Waals surface area contributed by atoms with Crippen molar-refractivity contribution in [1.29, 1.82) is 5.41 Å². The quantitative estimate of drug-likeness (QED) is 0.418. The van der Waals surface area contributed by atoms with Gasteiger partial charge in [-0.1, -0.05) is 6.08 Å². The lowest BCUT2D eigenvalue weighted by atomic mass is 10.7. The van der Waals surface area contributed by atoms with Crippen molar-refractivity contribution >= 4 is 13.2 Å². The number of hydrogen-bond donors (Lipinski definition) is 1. The summed E-state index contributed by atoms with van der Waals surface area (Å²) in [7, 11) is 0. The van der Waals surface area contributed by atoms with Gasteiger partial charge in [-0.05, 0) is 27.5 Å². The van der Waals surface area contributed by atoms with Crippen molar-refractivity contribution < 1.29 is 14.3 Å². The largest absolute Gasteiger partial charge is 0.502 e. The van der Waals surface area contributed by atoms with E-state index in [1.165, 1.54) is 0 Å². The van der Waals surface area contributed by atoms with Crippen LogP contribution in [-0.4, -0.2) is 26.4 Å². The minimum atomic E-state index is 0.431. The highest BCUT2D eigenvalue weighted by Crippen LogP contribution is 1.71. The number of carbonyl (C=O) groups excluding carboxylic acids is 1. The van der Waals surface area contributed by atoms with Crippen LogP contribution in [0, 0.1) is 5.41 Å². The Hall–Kier alpha value is -1.32. The van der Waals surface area contributed by atoms with Gasteiger partial charge in [-0.3, -0.25) is 4.79 Å². The molecule has 0 aliphatic rings. The molecule has 0 amide bonds. The zero-order chi connectivity index (χ0) is 10.9. The molecule has 0 aromatic rings. The molecule has 0 rings (SSSR count). The molecule has 0 atom stereocenters. The fourth-order valence-electron chi connectivity index (χ4n) is 0.260. The first-order chi connectivity index (χ1) is 6.33. The summed E-state index contributed by atoms with van der Waals surface area (Å²) in [5.41, 5.74) is 0. The molecule has 0 bridgehead atoms. The summed E-state index contributed by atoms with van der Waals surface area (Å²) in [5, 5.41) is 5.50. The summed E-state index contributed by atoms with van der Waals surface area (Å²) in [6.07, 6.45) is 3.55. The van der Waals surface area contributed by atoms with Crippen molar-refractivity contribution in [2.24, 2.45) is 0 Å². The molecule has 13 heavy (non-hydrogen) atoms. The van der Waals surface area contributed by atoms with Crippen LogP contribution in [0.4, 0.5) is 0 Å². The minimum absolute atomic E-state index is 0.431. The number of hydrogen-bond acceptors (Lipinski definition) is 4. The smallest absolute Gasteiger partial charge is 0.293 e. The van der Waals surface area contributed by atoms with Crippen LogP contribution in [0.5, 0.6) is 0 Å². The number of nitrogens with one attached hydrogen (secondary N) is 1. The second kappa shape index (κ2) is 31.0. The number of rotatable bonds is 4. The lowest BCUT2D eigenvalue weighted by Crippen LogP contribution is -1.80. The summed E-state index contributed by atoms with van der Waals surface area (Å²) in [6, 6.07) is 0. The monoisotopic (exact) mass is 189 g/mol. The highest BCUT2D eigenvalue weighted by Gasteiger charge is 1.61. The van der Waals surface area contributed by atoms with Gasteiger partial charge in [0.25, 0.3) is 6.47 Å². The predicted octanol–water partition coefficient (Wildman–Crippen LogP) is 2.00. The maximum Gasteiger partial charge on any atom is 0.293 e. The summed E-state index contributed by atoms with van der Waals surface area (Å²) in [4.78, 5) is 9.18. The molecule has 0 unspecified atom stereocenters.